The van der Waals surface area contributed by atoms with Crippen LogP contribution in [0.1, 0.15) is 0 Å². The van der Waals surface area contributed by atoms with Crippen molar-refractivity contribution in [2.24, 2.45) is 7.05 Å². The molecule has 0 bridgehead atoms. The summed E-state index contributed by atoms with van der Waals surface area (Å²) in [5, 5.41) is 3.88. The first-order valence-electron chi connectivity index (χ1n) is 2.36. The number of nitrogen functional groups attached to an aromatic ring is 1. The second-order valence-corrected chi connectivity index (χ2v) is 1.63. The van der Waals surface area contributed by atoms with Crippen LogP contribution in [0.4, 0.5) is 5.69 Å². The van der Waals surface area contributed by atoms with Crippen molar-refractivity contribution in [1.82, 2.24) is 5.10 Å². The minimum atomic E-state index is 0.738. The minimum Gasteiger partial charge on any atom is -0.394 e. The van der Waals surface area contributed by atoms with Gasteiger partial charge in [-0.15, -0.1) is 0 Å². The molecule has 0 amide bonds. The Kier molecular flexibility index (Phi) is 1.12. The molecule has 0 aliphatic carbocycles. The van der Waals surface area contributed by atoms with E-state index >= 15 is 0 Å². The summed E-state index contributed by atoms with van der Waals surface area (Å²) >= 11 is 0. The number of aromatic nitrogens is 2. The van der Waals surface area contributed by atoms with Gasteiger partial charge in [0, 0.05) is 0 Å². The van der Waals surface area contributed by atoms with E-state index in [9.17, 15) is 0 Å². The maximum absolute atomic E-state index is 5.40. The first kappa shape index (κ1) is 5.03. The topological polar surface area (TPSA) is 42.8 Å². The molecular weight excluding hydrogens is 102 g/mol. The molecule has 0 aliphatic heterocycles. The van der Waals surface area contributed by atoms with E-state index in [-0.39, 0.29) is 0 Å². The van der Waals surface area contributed by atoms with E-state index in [1.54, 1.807) is 23.1 Å². The van der Waals surface area contributed by atoms with E-state index in [2.05, 4.69) is 5.10 Å². The Morgan fingerprint density at radius 1 is 1.75 bits per heavy atom. The number of rotatable bonds is 0. The molecule has 0 unspecified atom stereocenters. The van der Waals surface area contributed by atoms with Gasteiger partial charge in [0.15, 0.2) is 7.05 Å². The maximum atomic E-state index is 5.40. The smallest absolute Gasteiger partial charge is 0.218 e. The molecule has 0 saturated carbocycles. The van der Waals surface area contributed by atoms with Crippen LogP contribution in [0.3, 0.4) is 0 Å². The highest BCUT2D eigenvalue weighted by atomic mass is 15.2. The molecule has 2 N–H and O–H groups in total. The maximum Gasteiger partial charge on any atom is 0.218 e. The van der Waals surface area contributed by atoms with Gasteiger partial charge in [-0.3, -0.25) is 0 Å². The molecule has 0 atom stereocenters. The zero-order valence-corrected chi connectivity index (χ0v) is 4.70. The molecule has 1 rings (SSSR count). The van der Waals surface area contributed by atoms with Gasteiger partial charge < -0.3 is 5.73 Å². The molecule has 42 valence electrons. The summed E-state index contributed by atoms with van der Waals surface area (Å²) in [6.45, 7) is 0. The van der Waals surface area contributed by atoms with Gasteiger partial charge in [0.2, 0.25) is 6.20 Å². The quantitative estimate of drug-likeness (QED) is 0.457. The molecule has 0 aliphatic rings. The summed E-state index contributed by atoms with van der Waals surface area (Å²) in [6.07, 6.45) is 3.41. The summed E-state index contributed by atoms with van der Waals surface area (Å²) in [5.74, 6) is 0. The Labute approximate surface area is 47.8 Å². The van der Waals surface area contributed by atoms with Gasteiger partial charge in [-0.2, -0.15) is 0 Å². The lowest BCUT2D eigenvalue weighted by Crippen LogP contribution is -2.31. The summed E-state index contributed by atoms with van der Waals surface area (Å²) in [7, 11) is 1.83. The van der Waals surface area contributed by atoms with Crippen molar-refractivity contribution < 1.29 is 4.68 Å². The van der Waals surface area contributed by atoms with Crippen molar-refractivity contribution in [2.75, 3.05) is 5.73 Å². The van der Waals surface area contributed by atoms with Crippen molar-refractivity contribution in [3.63, 3.8) is 0 Å². The van der Waals surface area contributed by atoms with E-state index < -0.39 is 0 Å². The molecule has 0 spiro atoms. The first-order valence-corrected chi connectivity index (χ1v) is 2.36. The van der Waals surface area contributed by atoms with Crippen LogP contribution in [0.15, 0.2) is 18.5 Å². The number of hydrogen-bond acceptors (Lipinski definition) is 2. The first-order chi connectivity index (χ1) is 3.79. The Morgan fingerprint density at radius 2 is 2.50 bits per heavy atom. The predicted octanol–water partition coefficient (Wildman–Crippen LogP) is -0.512. The highest BCUT2D eigenvalue weighted by molar-refractivity contribution is 5.29. The van der Waals surface area contributed by atoms with Gasteiger partial charge in [-0.05, 0) is 11.2 Å². The third kappa shape index (κ3) is 0.932. The van der Waals surface area contributed by atoms with Crippen molar-refractivity contribution >= 4 is 5.69 Å². The molecule has 3 nitrogen and oxygen atoms in total. The number of anilines is 1. The Hall–Kier alpha value is -1.12. The third-order valence-corrected chi connectivity index (χ3v) is 0.852. The summed E-state index contributed by atoms with van der Waals surface area (Å²) in [6, 6.07) is 1.75. The van der Waals surface area contributed by atoms with E-state index in [0.717, 1.165) is 5.69 Å². The van der Waals surface area contributed by atoms with Crippen LogP contribution in [-0.2, 0) is 7.05 Å². The van der Waals surface area contributed by atoms with Crippen molar-refractivity contribution in [3.05, 3.63) is 18.5 Å². The zero-order valence-electron chi connectivity index (χ0n) is 4.70. The zero-order chi connectivity index (χ0) is 5.98. The Morgan fingerprint density at radius 3 is 2.88 bits per heavy atom. The molecule has 3 heteroatoms. The Bertz CT molecular complexity index is 168. The fraction of sp³-hybridized carbons (Fsp3) is 0.200. The number of nitrogens with two attached hydrogens (primary N) is 1. The monoisotopic (exact) mass is 110 g/mol. The van der Waals surface area contributed by atoms with Crippen LogP contribution in [0.2, 0.25) is 0 Å². The molecule has 0 aromatic carbocycles. The fourth-order valence-corrected chi connectivity index (χ4v) is 0.517. The van der Waals surface area contributed by atoms with Crippen LogP contribution in [0.25, 0.3) is 0 Å². The van der Waals surface area contributed by atoms with Crippen LogP contribution < -0.4 is 10.4 Å². The van der Waals surface area contributed by atoms with E-state index in [1.165, 1.54) is 0 Å². The number of aryl methyl sites for hydroxylation is 1. The van der Waals surface area contributed by atoms with Crippen LogP contribution >= 0.6 is 0 Å². The number of hydrogen-bond donors (Lipinski definition) is 1. The average molecular weight is 110 g/mol. The van der Waals surface area contributed by atoms with Crippen LogP contribution in [0.5, 0.6) is 0 Å². The second-order valence-electron chi connectivity index (χ2n) is 1.63. The lowest BCUT2D eigenvalue weighted by Gasteiger charge is -1.83. The second kappa shape index (κ2) is 1.78. The Balaban J connectivity index is 3.08. The van der Waals surface area contributed by atoms with Gasteiger partial charge in [0.25, 0.3) is 0 Å². The summed E-state index contributed by atoms with van der Waals surface area (Å²) in [4.78, 5) is 0. The van der Waals surface area contributed by atoms with Crippen molar-refractivity contribution in [2.45, 2.75) is 0 Å². The average Bonchev–Trinajstić information content (AvgIpc) is 1.64. The molecule has 8 heavy (non-hydrogen) atoms. The van der Waals surface area contributed by atoms with Crippen molar-refractivity contribution in [3.8, 4) is 0 Å². The van der Waals surface area contributed by atoms with Gasteiger partial charge in [-0.1, -0.05) is 4.68 Å². The fourth-order valence-electron chi connectivity index (χ4n) is 0.517. The SMILES string of the molecule is C[n+]1cc(N)ccn1. The normalized spacial score (nSPS) is 9.12. The summed E-state index contributed by atoms with van der Waals surface area (Å²) in [5.41, 5.74) is 6.14. The number of nitrogens with zero attached hydrogens (tertiary/aromatic N) is 2. The molecule has 0 fully saturated rings. The van der Waals surface area contributed by atoms with Gasteiger partial charge in [0.05, 0.1) is 6.20 Å². The highest BCUT2D eigenvalue weighted by Gasteiger charge is 1.89. The lowest BCUT2D eigenvalue weighted by atomic mass is 10.5. The van der Waals surface area contributed by atoms with Gasteiger partial charge in [0.1, 0.15) is 5.69 Å². The third-order valence-electron chi connectivity index (χ3n) is 0.852. The van der Waals surface area contributed by atoms with E-state index in [4.69, 9.17) is 5.73 Å². The molecule has 1 aromatic heterocycles. The molecule has 0 saturated heterocycles. The molecular formula is C5H8N3+. The van der Waals surface area contributed by atoms with E-state index in [1.807, 2.05) is 7.05 Å². The van der Waals surface area contributed by atoms with E-state index in [0.29, 0.717) is 0 Å². The highest BCUT2D eigenvalue weighted by Crippen LogP contribution is 1.88. The summed E-state index contributed by atoms with van der Waals surface area (Å²) < 4.78 is 1.66. The molecule has 0 radical (unpaired) electrons. The predicted molar refractivity (Wildman–Crippen MR) is 29.8 cm³/mol. The minimum absolute atomic E-state index is 0.738. The van der Waals surface area contributed by atoms with Gasteiger partial charge in [-0.25, -0.2) is 0 Å². The van der Waals surface area contributed by atoms with Crippen molar-refractivity contribution in [1.29, 1.82) is 0 Å². The molecule has 1 aromatic rings. The van der Waals surface area contributed by atoms with Gasteiger partial charge >= 0.3 is 0 Å². The van der Waals surface area contributed by atoms with Crippen LogP contribution in [0, 0.1) is 0 Å². The molecule has 1 heterocycles. The lowest BCUT2D eigenvalue weighted by molar-refractivity contribution is -0.730. The van der Waals surface area contributed by atoms with Crippen LogP contribution in [-0.4, -0.2) is 5.10 Å². The largest absolute Gasteiger partial charge is 0.394 e. The standard InChI is InChI=1S/C5H8N3/c1-8-4-5(6)2-3-7-8/h2-4H,1H3,(H2,6,7)/q+1.